The van der Waals surface area contributed by atoms with Crippen LogP contribution in [0.4, 0.5) is 10.5 Å². The zero-order chi connectivity index (χ0) is 22.1. The topological polar surface area (TPSA) is 75.7 Å². The van der Waals surface area contributed by atoms with Crippen molar-refractivity contribution in [3.8, 4) is 5.75 Å². The van der Waals surface area contributed by atoms with Gasteiger partial charge in [-0.3, -0.25) is 14.9 Å². The van der Waals surface area contributed by atoms with Gasteiger partial charge in [-0.25, -0.2) is 9.69 Å². The summed E-state index contributed by atoms with van der Waals surface area (Å²) >= 11 is 6.18. The largest absolute Gasteiger partial charge is 0.493 e. The summed E-state index contributed by atoms with van der Waals surface area (Å²) in [6, 6.07) is 15.4. The highest BCUT2D eigenvalue weighted by atomic mass is 35.5. The molecule has 0 bridgehead atoms. The number of urea groups is 1. The van der Waals surface area contributed by atoms with E-state index in [0.717, 1.165) is 15.7 Å². The van der Waals surface area contributed by atoms with E-state index in [4.69, 9.17) is 16.3 Å². The predicted octanol–water partition coefficient (Wildman–Crippen LogP) is 4.87. The highest BCUT2D eigenvalue weighted by Crippen LogP contribution is 2.33. The molecule has 1 aliphatic rings. The van der Waals surface area contributed by atoms with E-state index in [2.05, 4.69) is 5.32 Å². The van der Waals surface area contributed by atoms with Gasteiger partial charge in [0.25, 0.3) is 11.8 Å². The van der Waals surface area contributed by atoms with E-state index >= 15 is 0 Å². The van der Waals surface area contributed by atoms with Crippen molar-refractivity contribution < 1.29 is 19.1 Å². The lowest BCUT2D eigenvalue weighted by molar-refractivity contribution is -0.122. The van der Waals surface area contributed by atoms with Crippen LogP contribution in [0.2, 0.25) is 5.02 Å². The number of fused-ring (bicyclic) bond motifs is 1. The maximum Gasteiger partial charge on any atom is 0.335 e. The van der Waals surface area contributed by atoms with Crippen LogP contribution in [-0.2, 0) is 9.59 Å². The lowest BCUT2D eigenvalue weighted by Gasteiger charge is -2.28. The van der Waals surface area contributed by atoms with Gasteiger partial charge in [-0.15, -0.1) is 0 Å². The van der Waals surface area contributed by atoms with Gasteiger partial charge in [0.05, 0.1) is 12.3 Å². The number of hydrogen-bond donors (Lipinski definition) is 1. The van der Waals surface area contributed by atoms with Crippen LogP contribution in [0.25, 0.3) is 16.8 Å². The van der Waals surface area contributed by atoms with Crippen LogP contribution >= 0.6 is 11.6 Å². The first-order valence-electron chi connectivity index (χ1n) is 9.73. The molecule has 0 atom stereocenters. The number of carbonyl (C=O) groups is 3. The van der Waals surface area contributed by atoms with Crippen molar-refractivity contribution in [2.24, 2.45) is 0 Å². The Morgan fingerprint density at radius 3 is 2.58 bits per heavy atom. The van der Waals surface area contributed by atoms with Gasteiger partial charge in [0, 0.05) is 10.6 Å². The maximum atomic E-state index is 13.3. The summed E-state index contributed by atoms with van der Waals surface area (Å²) in [5.41, 5.74) is 1.30. The fraction of sp³-hybridized carbons (Fsp3) is 0.125. The monoisotopic (exact) mass is 434 g/mol. The molecule has 0 saturated carbocycles. The van der Waals surface area contributed by atoms with Crippen molar-refractivity contribution in [2.75, 3.05) is 11.5 Å². The molecule has 1 heterocycles. The number of hydrogen-bond acceptors (Lipinski definition) is 4. The molecule has 6 nitrogen and oxygen atoms in total. The number of benzene rings is 3. The number of nitrogens with one attached hydrogen (secondary N) is 1. The Bertz CT molecular complexity index is 1270. The highest BCUT2D eigenvalue weighted by molar-refractivity contribution is 6.40. The molecule has 1 N–H and O–H groups in total. The number of carbonyl (C=O) groups excluding carboxylic acids is 3. The summed E-state index contributed by atoms with van der Waals surface area (Å²) in [6.45, 7) is 3.98. The maximum absolute atomic E-state index is 13.3. The van der Waals surface area contributed by atoms with Gasteiger partial charge < -0.3 is 4.74 Å². The molecule has 1 aliphatic heterocycles. The number of imide groups is 2. The van der Waals surface area contributed by atoms with E-state index in [1.807, 2.05) is 37.3 Å². The van der Waals surface area contributed by atoms with Gasteiger partial charge in [0.2, 0.25) is 0 Å². The van der Waals surface area contributed by atoms with E-state index in [0.29, 0.717) is 34.2 Å². The summed E-state index contributed by atoms with van der Waals surface area (Å²) in [5, 5.41) is 4.41. The van der Waals surface area contributed by atoms with Crippen molar-refractivity contribution >= 4 is 52.0 Å². The van der Waals surface area contributed by atoms with Gasteiger partial charge in [0.15, 0.2) is 0 Å². The third-order valence-electron chi connectivity index (χ3n) is 5.10. The Kier molecular flexibility index (Phi) is 5.48. The lowest BCUT2D eigenvalue weighted by atomic mass is 9.99. The number of amides is 4. The fourth-order valence-electron chi connectivity index (χ4n) is 3.56. The van der Waals surface area contributed by atoms with Gasteiger partial charge in [0.1, 0.15) is 11.3 Å². The summed E-state index contributed by atoms with van der Waals surface area (Å²) in [4.78, 5) is 39.4. The molecule has 0 unspecified atom stereocenters. The first-order chi connectivity index (χ1) is 14.9. The second-order valence-electron chi connectivity index (χ2n) is 6.97. The number of rotatable bonds is 4. The van der Waals surface area contributed by atoms with Crippen molar-refractivity contribution in [3.05, 3.63) is 76.3 Å². The third-order valence-corrected chi connectivity index (χ3v) is 5.51. The quantitative estimate of drug-likeness (QED) is 0.469. The minimum absolute atomic E-state index is 0.170. The van der Waals surface area contributed by atoms with Gasteiger partial charge in [-0.2, -0.15) is 0 Å². The molecule has 0 aromatic heterocycles. The first-order valence-corrected chi connectivity index (χ1v) is 10.1. The minimum Gasteiger partial charge on any atom is -0.493 e. The molecular weight excluding hydrogens is 416 g/mol. The molecule has 156 valence electrons. The zero-order valence-corrected chi connectivity index (χ0v) is 17.7. The van der Waals surface area contributed by atoms with E-state index < -0.39 is 17.8 Å². The first kappa shape index (κ1) is 20.6. The van der Waals surface area contributed by atoms with Crippen molar-refractivity contribution in [1.82, 2.24) is 5.32 Å². The second kappa shape index (κ2) is 8.24. The number of barbiturate groups is 1. The Labute approximate surface area is 184 Å². The Morgan fingerprint density at radius 2 is 1.81 bits per heavy atom. The van der Waals surface area contributed by atoms with Crippen LogP contribution in [0, 0.1) is 6.92 Å². The van der Waals surface area contributed by atoms with E-state index in [9.17, 15) is 14.4 Å². The van der Waals surface area contributed by atoms with Crippen molar-refractivity contribution in [1.29, 1.82) is 0 Å². The summed E-state index contributed by atoms with van der Waals surface area (Å²) in [5.74, 6) is -0.951. The van der Waals surface area contributed by atoms with E-state index in [1.54, 1.807) is 31.2 Å². The molecule has 3 aromatic rings. The molecule has 31 heavy (non-hydrogen) atoms. The van der Waals surface area contributed by atoms with E-state index in [-0.39, 0.29) is 5.57 Å². The standard InChI is InChI=1S/C24H19ClN2O4/c1-3-31-21-12-11-15-7-4-5-8-16(15)17(21)13-18-22(28)26-24(30)27(23(18)29)20-10-6-9-19(25)14(20)2/h4-13H,3H2,1-2H3,(H,26,28,30)/b18-13+. The van der Waals surface area contributed by atoms with Crippen LogP contribution in [0.3, 0.4) is 0 Å². The normalized spacial score (nSPS) is 15.5. The Morgan fingerprint density at radius 1 is 1.03 bits per heavy atom. The fourth-order valence-corrected chi connectivity index (χ4v) is 3.73. The van der Waals surface area contributed by atoms with Gasteiger partial charge in [-0.05, 0) is 54.5 Å². The molecule has 7 heteroatoms. The van der Waals surface area contributed by atoms with Crippen LogP contribution in [-0.4, -0.2) is 24.5 Å². The molecule has 1 saturated heterocycles. The molecule has 0 radical (unpaired) electrons. The van der Waals surface area contributed by atoms with Crippen LogP contribution in [0.5, 0.6) is 5.75 Å². The Hall–Kier alpha value is -3.64. The zero-order valence-electron chi connectivity index (χ0n) is 16.9. The van der Waals surface area contributed by atoms with Crippen molar-refractivity contribution in [2.45, 2.75) is 13.8 Å². The van der Waals surface area contributed by atoms with Crippen LogP contribution in [0.1, 0.15) is 18.1 Å². The number of nitrogens with zero attached hydrogens (tertiary/aromatic N) is 1. The molecule has 4 rings (SSSR count). The number of halogens is 1. The lowest BCUT2D eigenvalue weighted by Crippen LogP contribution is -2.54. The van der Waals surface area contributed by atoms with Gasteiger partial charge >= 0.3 is 6.03 Å². The van der Waals surface area contributed by atoms with E-state index in [1.165, 1.54) is 6.08 Å². The number of anilines is 1. The van der Waals surface area contributed by atoms with Gasteiger partial charge in [-0.1, -0.05) is 48.0 Å². The SMILES string of the molecule is CCOc1ccc2ccccc2c1/C=C1\C(=O)NC(=O)N(c2cccc(Cl)c2C)C1=O. The second-order valence-corrected chi connectivity index (χ2v) is 7.38. The average molecular weight is 435 g/mol. The predicted molar refractivity (Wildman–Crippen MR) is 120 cm³/mol. The molecule has 0 spiro atoms. The molecule has 3 aromatic carbocycles. The minimum atomic E-state index is -0.819. The molecule has 0 aliphatic carbocycles. The molecule has 4 amide bonds. The van der Waals surface area contributed by atoms with Crippen LogP contribution in [0.15, 0.2) is 60.2 Å². The summed E-state index contributed by atoms with van der Waals surface area (Å²) in [6.07, 6.45) is 1.48. The average Bonchev–Trinajstić information content (AvgIpc) is 2.75. The molecular formula is C24H19ClN2O4. The highest BCUT2D eigenvalue weighted by Gasteiger charge is 2.38. The third kappa shape index (κ3) is 3.66. The number of ether oxygens (including phenoxy) is 1. The smallest absolute Gasteiger partial charge is 0.335 e. The summed E-state index contributed by atoms with van der Waals surface area (Å²) < 4.78 is 5.74. The summed E-state index contributed by atoms with van der Waals surface area (Å²) in [7, 11) is 0. The molecule has 1 fully saturated rings. The van der Waals surface area contributed by atoms with Crippen LogP contribution < -0.4 is 15.0 Å². The Balaban J connectivity index is 1.89. The van der Waals surface area contributed by atoms with Crippen molar-refractivity contribution in [3.63, 3.8) is 0 Å².